The van der Waals surface area contributed by atoms with Crippen molar-refractivity contribution in [3.05, 3.63) is 28.3 Å². The van der Waals surface area contributed by atoms with E-state index in [1.165, 1.54) is 7.11 Å². The number of non-ortho nitro benzene ring substituents is 1. The maximum Gasteiger partial charge on any atom is 0.273 e. The first-order valence-electron chi connectivity index (χ1n) is 5.39. The number of sulfonamides is 1. The van der Waals surface area contributed by atoms with Crippen molar-refractivity contribution < 1.29 is 18.1 Å². The zero-order chi connectivity index (χ0) is 14.5. The molecular weight excluding hydrogens is 310 g/mol. The van der Waals surface area contributed by atoms with Gasteiger partial charge >= 0.3 is 0 Å². The van der Waals surface area contributed by atoms with Gasteiger partial charge in [0.25, 0.3) is 5.69 Å². The minimum atomic E-state index is -3.76. The zero-order valence-corrected chi connectivity index (χ0v) is 12.6. The van der Waals surface area contributed by atoms with Gasteiger partial charge in [-0.1, -0.05) is 0 Å². The van der Waals surface area contributed by atoms with E-state index in [4.69, 9.17) is 4.74 Å². The standard InChI is InChI=1S/C10H15N3O5S.ClH/c1-11-5-6-12-19(16,17)10-4-3-8(13(14)15)7-9(10)18-2;/h3-4,7,11-12H,5-6H2,1-2H3;1H. The number of benzene rings is 1. The Kier molecular flexibility index (Phi) is 7.43. The molecule has 0 amide bonds. The third kappa shape index (κ3) is 4.60. The molecule has 0 bridgehead atoms. The number of nitrogens with zero attached hydrogens (tertiary/aromatic N) is 1. The van der Waals surface area contributed by atoms with E-state index in [2.05, 4.69) is 10.0 Å². The molecule has 0 aliphatic carbocycles. The second-order valence-electron chi connectivity index (χ2n) is 3.59. The lowest BCUT2D eigenvalue weighted by Gasteiger charge is -2.10. The third-order valence-electron chi connectivity index (χ3n) is 2.31. The average Bonchev–Trinajstić information content (AvgIpc) is 2.38. The van der Waals surface area contributed by atoms with Crippen molar-refractivity contribution in [3.8, 4) is 5.75 Å². The molecule has 0 fully saturated rings. The van der Waals surface area contributed by atoms with Crippen LogP contribution in [0.15, 0.2) is 23.1 Å². The smallest absolute Gasteiger partial charge is 0.273 e. The van der Waals surface area contributed by atoms with E-state index >= 15 is 0 Å². The number of hydrogen-bond donors (Lipinski definition) is 2. The Balaban J connectivity index is 0.00000361. The van der Waals surface area contributed by atoms with Gasteiger partial charge in [0.2, 0.25) is 10.0 Å². The van der Waals surface area contributed by atoms with Gasteiger partial charge in [0, 0.05) is 19.2 Å². The van der Waals surface area contributed by atoms with Crippen LogP contribution in [0.3, 0.4) is 0 Å². The van der Waals surface area contributed by atoms with Crippen molar-refractivity contribution >= 4 is 28.1 Å². The molecule has 0 aliphatic rings. The number of likely N-dealkylation sites (N-methyl/N-ethyl adjacent to an activating group) is 1. The molecule has 8 nitrogen and oxygen atoms in total. The van der Waals surface area contributed by atoms with Crippen molar-refractivity contribution in [2.45, 2.75) is 4.90 Å². The second kappa shape index (κ2) is 8.00. The Labute approximate surface area is 123 Å². The van der Waals surface area contributed by atoms with Crippen LogP contribution in [-0.2, 0) is 10.0 Å². The quantitative estimate of drug-likeness (QED) is 0.429. The van der Waals surface area contributed by atoms with Gasteiger partial charge in [-0.3, -0.25) is 10.1 Å². The molecule has 0 aliphatic heterocycles. The van der Waals surface area contributed by atoms with E-state index in [1.807, 2.05) is 0 Å². The largest absolute Gasteiger partial charge is 0.495 e. The van der Waals surface area contributed by atoms with E-state index < -0.39 is 14.9 Å². The third-order valence-corrected chi connectivity index (χ3v) is 3.82. The molecule has 20 heavy (non-hydrogen) atoms. The highest BCUT2D eigenvalue weighted by atomic mass is 35.5. The number of halogens is 1. The number of nitrogens with one attached hydrogen (secondary N) is 2. The lowest BCUT2D eigenvalue weighted by Crippen LogP contribution is -2.30. The minimum Gasteiger partial charge on any atom is -0.495 e. The Morgan fingerprint density at radius 1 is 1.35 bits per heavy atom. The first kappa shape index (κ1) is 18.6. The van der Waals surface area contributed by atoms with E-state index in [-0.39, 0.29) is 35.3 Å². The summed E-state index contributed by atoms with van der Waals surface area (Å²) >= 11 is 0. The highest BCUT2D eigenvalue weighted by Crippen LogP contribution is 2.27. The minimum absolute atomic E-state index is 0. The molecule has 0 saturated heterocycles. The van der Waals surface area contributed by atoms with Crippen LogP contribution in [0.4, 0.5) is 5.69 Å². The van der Waals surface area contributed by atoms with Crippen LogP contribution in [0.2, 0.25) is 0 Å². The summed E-state index contributed by atoms with van der Waals surface area (Å²) in [7, 11) is -0.805. The summed E-state index contributed by atoms with van der Waals surface area (Å²) in [5.41, 5.74) is -0.231. The number of ether oxygens (including phenoxy) is 1. The van der Waals surface area contributed by atoms with Crippen LogP contribution in [0, 0.1) is 10.1 Å². The monoisotopic (exact) mass is 325 g/mol. The molecule has 0 unspecified atom stereocenters. The fraction of sp³-hybridized carbons (Fsp3) is 0.400. The molecule has 0 radical (unpaired) electrons. The predicted molar refractivity (Wildman–Crippen MR) is 76.0 cm³/mol. The summed E-state index contributed by atoms with van der Waals surface area (Å²) in [6.07, 6.45) is 0. The van der Waals surface area contributed by atoms with Gasteiger partial charge in [0.05, 0.1) is 18.1 Å². The van der Waals surface area contributed by atoms with Gasteiger partial charge in [-0.15, -0.1) is 12.4 Å². The number of hydrogen-bond acceptors (Lipinski definition) is 6. The lowest BCUT2D eigenvalue weighted by molar-refractivity contribution is -0.385. The molecule has 0 saturated carbocycles. The van der Waals surface area contributed by atoms with Crippen molar-refractivity contribution in [3.63, 3.8) is 0 Å². The van der Waals surface area contributed by atoms with Gasteiger partial charge in [0.1, 0.15) is 10.6 Å². The highest BCUT2D eigenvalue weighted by Gasteiger charge is 2.21. The molecule has 0 atom stereocenters. The van der Waals surface area contributed by atoms with Crippen molar-refractivity contribution in [1.82, 2.24) is 10.0 Å². The highest BCUT2D eigenvalue weighted by molar-refractivity contribution is 7.89. The summed E-state index contributed by atoms with van der Waals surface area (Å²) < 4.78 is 31.2. The van der Waals surface area contributed by atoms with Gasteiger partial charge < -0.3 is 10.1 Å². The van der Waals surface area contributed by atoms with Crippen LogP contribution in [0.5, 0.6) is 5.75 Å². The second-order valence-corrected chi connectivity index (χ2v) is 5.33. The summed E-state index contributed by atoms with van der Waals surface area (Å²) in [5, 5.41) is 13.4. The first-order chi connectivity index (χ1) is 8.92. The van der Waals surface area contributed by atoms with Gasteiger partial charge in [-0.2, -0.15) is 0 Å². The molecule has 1 aromatic carbocycles. The normalized spacial score (nSPS) is 10.7. The molecular formula is C10H16ClN3O5S. The topological polar surface area (TPSA) is 111 Å². The Bertz CT molecular complexity index is 564. The lowest BCUT2D eigenvalue weighted by atomic mass is 10.3. The predicted octanol–water partition coefficient (Wildman–Crippen LogP) is 0.523. The van der Waals surface area contributed by atoms with Crippen LogP contribution in [-0.4, -0.2) is 40.6 Å². The Morgan fingerprint density at radius 2 is 2.00 bits per heavy atom. The molecule has 0 heterocycles. The first-order valence-corrected chi connectivity index (χ1v) is 6.87. The molecule has 2 N–H and O–H groups in total. The van der Waals surface area contributed by atoms with Crippen molar-refractivity contribution in [2.24, 2.45) is 0 Å². The summed E-state index contributed by atoms with van der Waals surface area (Å²) in [6, 6.07) is 3.35. The summed E-state index contributed by atoms with van der Waals surface area (Å²) in [4.78, 5) is 9.87. The van der Waals surface area contributed by atoms with E-state index in [0.29, 0.717) is 6.54 Å². The molecule has 10 heteroatoms. The van der Waals surface area contributed by atoms with E-state index in [9.17, 15) is 18.5 Å². The SMILES string of the molecule is CNCCNS(=O)(=O)c1ccc([N+](=O)[O-])cc1OC.Cl. The van der Waals surface area contributed by atoms with Gasteiger partial charge in [0.15, 0.2) is 0 Å². The van der Waals surface area contributed by atoms with Crippen molar-refractivity contribution in [1.29, 1.82) is 0 Å². The number of nitro groups is 1. The number of methoxy groups -OCH3 is 1. The number of rotatable bonds is 7. The van der Waals surface area contributed by atoms with Crippen LogP contribution in [0.1, 0.15) is 0 Å². The fourth-order valence-electron chi connectivity index (χ4n) is 1.38. The fourth-order valence-corrected chi connectivity index (χ4v) is 2.56. The van der Waals surface area contributed by atoms with Gasteiger partial charge in [-0.05, 0) is 13.1 Å². The average molecular weight is 326 g/mol. The maximum atomic E-state index is 12.0. The summed E-state index contributed by atoms with van der Waals surface area (Å²) in [5.74, 6) is -0.0637. The van der Waals surface area contributed by atoms with Gasteiger partial charge in [-0.25, -0.2) is 13.1 Å². The molecule has 1 aromatic rings. The molecule has 0 aromatic heterocycles. The number of nitro benzene ring substituents is 1. The molecule has 1 rings (SSSR count). The van der Waals surface area contributed by atoms with Crippen molar-refractivity contribution in [2.75, 3.05) is 27.2 Å². The Morgan fingerprint density at radius 3 is 2.50 bits per heavy atom. The summed E-state index contributed by atoms with van der Waals surface area (Å²) in [6.45, 7) is 0.674. The van der Waals surface area contributed by atoms with Crippen LogP contribution >= 0.6 is 12.4 Å². The van der Waals surface area contributed by atoms with Crippen LogP contribution in [0.25, 0.3) is 0 Å². The van der Waals surface area contributed by atoms with Crippen LogP contribution < -0.4 is 14.8 Å². The molecule has 114 valence electrons. The maximum absolute atomic E-state index is 12.0. The Hall–Kier alpha value is -1.42. The molecule has 0 spiro atoms. The zero-order valence-electron chi connectivity index (χ0n) is 11.0. The van der Waals surface area contributed by atoms with E-state index in [0.717, 1.165) is 18.2 Å². The van der Waals surface area contributed by atoms with E-state index in [1.54, 1.807) is 7.05 Å².